The van der Waals surface area contributed by atoms with Gasteiger partial charge >= 0.3 is 0 Å². The van der Waals surface area contributed by atoms with Crippen LogP contribution in [0.25, 0.3) is 21.6 Å². The zero-order valence-electron chi connectivity index (χ0n) is 15.6. The molecule has 0 saturated carbocycles. The maximum atomic E-state index is 5.11. The van der Waals surface area contributed by atoms with Crippen molar-refractivity contribution in [3.63, 3.8) is 0 Å². The van der Waals surface area contributed by atoms with Gasteiger partial charge in [0.25, 0.3) is 0 Å². The minimum Gasteiger partial charge on any atom is -0.355 e. The van der Waals surface area contributed by atoms with Crippen LogP contribution in [0.15, 0.2) is 24.5 Å². The Hall–Kier alpha value is -2.05. The molecular formula is C21H25N5S. The van der Waals surface area contributed by atoms with Gasteiger partial charge in [0.1, 0.15) is 10.6 Å². The smallest absolute Gasteiger partial charge is 0.163 e. The van der Waals surface area contributed by atoms with Crippen LogP contribution in [0.1, 0.15) is 36.1 Å². The molecule has 27 heavy (non-hydrogen) atoms. The number of nitrogens with zero attached hydrogens (tertiary/aromatic N) is 4. The second-order valence-electron chi connectivity index (χ2n) is 7.44. The lowest BCUT2D eigenvalue weighted by Crippen LogP contribution is -2.29. The van der Waals surface area contributed by atoms with E-state index in [4.69, 9.17) is 9.97 Å². The predicted molar refractivity (Wildman–Crippen MR) is 112 cm³/mol. The van der Waals surface area contributed by atoms with Crippen molar-refractivity contribution < 1.29 is 0 Å². The zero-order chi connectivity index (χ0) is 18.1. The predicted octanol–water partition coefficient (Wildman–Crippen LogP) is 3.82. The van der Waals surface area contributed by atoms with Crippen LogP contribution in [0, 0.1) is 0 Å². The maximum Gasteiger partial charge on any atom is 0.163 e. The molecule has 0 atom stereocenters. The minimum absolute atomic E-state index is 0.827. The van der Waals surface area contributed by atoms with Crippen LogP contribution in [0.3, 0.4) is 0 Å². The van der Waals surface area contributed by atoms with Crippen LogP contribution in [0.5, 0.6) is 0 Å². The number of aryl methyl sites for hydroxylation is 2. The molecule has 4 heterocycles. The lowest BCUT2D eigenvalue weighted by Gasteiger charge is -2.23. The monoisotopic (exact) mass is 379 g/mol. The molecule has 0 amide bonds. The second-order valence-corrected chi connectivity index (χ2v) is 8.53. The van der Waals surface area contributed by atoms with Gasteiger partial charge in [0.15, 0.2) is 5.82 Å². The Morgan fingerprint density at radius 2 is 1.81 bits per heavy atom. The average molecular weight is 380 g/mol. The number of rotatable bonds is 2. The number of pyridine rings is 1. The molecule has 0 spiro atoms. The number of nitrogens with one attached hydrogen (secondary N) is 1. The fourth-order valence-corrected chi connectivity index (χ4v) is 5.49. The Kier molecular flexibility index (Phi) is 4.76. The first-order valence-electron chi connectivity index (χ1n) is 10.1. The lowest BCUT2D eigenvalue weighted by molar-refractivity contribution is 0.713. The van der Waals surface area contributed by atoms with Gasteiger partial charge in [0.05, 0.1) is 5.39 Å². The molecule has 5 rings (SSSR count). The quantitative estimate of drug-likeness (QED) is 0.686. The Labute approximate surface area is 163 Å². The minimum atomic E-state index is 0.827. The van der Waals surface area contributed by atoms with E-state index in [1.165, 1.54) is 47.9 Å². The first kappa shape index (κ1) is 17.1. The van der Waals surface area contributed by atoms with Crippen molar-refractivity contribution in [3.8, 4) is 11.4 Å². The van der Waals surface area contributed by atoms with Gasteiger partial charge in [-0.1, -0.05) is 6.42 Å². The van der Waals surface area contributed by atoms with Crippen molar-refractivity contribution in [3.05, 3.63) is 35.0 Å². The summed E-state index contributed by atoms with van der Waals surface area (Å²) in [5.74, 6) is 1.98. The fraction of sp³-hybridized carbons (Fsp3) is 0.476. The molecule has 1 N–H and O–H groups in total. The highest BCUT2D eigenvalue weighted by Gasteiger charge is 2.24. The molecule has 0 aromatic carbocycles. The third-order valence-electron chi connectivity index (χ3n) is 5.62. The molecule has 3 aromatic rings. The number of hydrogen-bond acceptors (Lipinski definition) is 6. The van der Waals surface area contributed by atoms with Crippen molar-refractivity contribution in [1.29, 1.82) is 0 Å². The topological polar surface area (TPSA) is 53.9 Å². The van der Waals surface area contributed by atoms with Gasteiger partial charge in [-0.05, 0) is 56.3 Å². The molecule has 1 fully saturated rings. The first-order chi connectivity index (χ1) is 13.4. The van der Waals surface area contributed by atoms with Crippen molar-refractivity contribution in [2.45, 2.75) is 38.5 Å². The fourth-order valence-electron chi connectivity index (χ4n) is 4.23. The standard InChI is InChI=1S/C21H25N5S/c1-2-5-16-17(6-3-1)27-21-18(16)20(26-13-4-9-22-12-14-26)24-19(25-21)15-7-10-23-11-8-15/h7-8,10-11,22H,1-6,9,12-14H2. The van der Waals surface area contributed by atoms with Gasteiger partial charge < -0.3 is 10.2 Å². The van der Waals surface area contributed by atoms with Gasteiger partial charge in [0, 0.05) is 42.5 Å². The van der Waals surface area contributed by atoms with E-state index in [1.54, 1.807) is 0 Å². The summed E-state index contributed by atoms with van der Waals surface area (Å²) in [7, 11) is 0. The lowest BCUT2D eigenvalue weighted by atomic mass is 10.1. The number of hydrogen-bond donors (Lipinski definition) is 1. The van der Waals surface area contributed by atoms with Gasteiger partial charge in [-0.2, -0.15) is 0 Å². The number of fused-ring (bicyclic) bond motifs is 3. The normalized spacial score (nSPS) is 18.1. The van der Waals surface area contributed by atoms with Gasteiger partial charge in [0.2, 0.25) is 0 Å². The van der Waals surface area contributed by atoms with Gasteiger partial charge in [-0.25, -0.2) is 9.97 Å². The molecule has 5 nitrogen and oxygen atoms in total. The Morgan fingerprint density at radius 3 is 2.74 bits per heavy atom. The summed E-state index contributed by atoms with van der Waals surface area (Å²) >= 11 is 1.90. The third-order valence-corrected chi connectivity index (χ3v) is 6.81. The van der Waals surface area contributed by atoms with Crippen molar-refractivity contribution in [2.75, 3.05) is 31.1 Å². The van der Waals surface area contributed by atoms with E-state index < -0.39 is 0 Å². The van der Waals surface area contributed by atoms with E-state index in [1.807, 2.05) is 35.9 Å². The van der Waals surface area contributed by atoms with Gasteiger partial charge in [-0.3, -0.25) is 4.98 Å². The van der Waals surface area contributed by atoms with E-state index in [2.05, 4.69) is 15.2 Å². The molecular weight excluding hydrogens is 354 g/mol. The van der Waals surface area contributed by atoms with Crippen LogP contribution in [0.4, 0.5) is 5.82 Å². The molecule has 0 radical (unpaired) electrons. The summed E-state index contributed by atoms with van der Waals surface area (Å²) in [6.07, 6.45) is 11.1. The van der Waals surface area contributed by atoms with Crippen LogP contribution in [-0.2, 0) is 12.8 Å². The molecule has 0 unspecified atom stereocenters. The van der Waals surface area contributed by atoms with E-state index in [0.29, 0.717) is 0 Å². The van der Waals surface area contributed by atoms with Gasteiger partial charge in [-0.15, -0.1) is 11.3 Å². The Morgan fingerprint density at radius 1 is 0.926 bits per heavy atom. The van der Waals surface area contributed by atoms with Crippen molar-refractivity contribution in [1.82, 2.24) is 20.3 Å². The third kappa shape index (κ3) is 3.32. The highest BCUT2D eigenvalue weighted by Crippen LogP contribution is 2.40. The summed E-state index contributed by atoms with van der Waals surface area (Å²) in [5, 5.41) is 4.85. The van der Waals surface area contributed by atoms with Crippen LogP contribution >= 0.6 is 11.3 Å². The molecule has 1 aliphatic heterocycles. The van der Waals surface area contributed by atoms with Crippen LogP contribution in [-0.4, -0.2) is 41.1 Å². The SMILES string of the molecule is c1cc(-c2nc(N3CCCNCC3)c3c4c(sc3n2)CCCCC4)ccn1. The van der Waals surface area contributed by atoms with E-state index in [9.17, 15) is 0 Å². The zero-order valence-corrected chi connectivity index (χ0v) is 16.4. The van der Waals surface area contributed by atoms with Crippen molar-refractivity contribution in [2.24, 2.45) is 0 Å². The molecule has 1 aliphatic carbocycles. The molecule has 1 saturated heterocycles. The molecule has 140 valence electrons. The number of anilines is 1. The van der Waals surface area contributed by atoms with Crippen molar-refractivity contribution >= 4 is 27.4 Å². The highest BCUT2D eigenvalue weighted by atomic mass is 32.1. The first-order valence-corrected chi connectivity index (χ1v) is 10.9. The van der Waals surface area contributed by atoms with Crippen LogP contribution < -0.4 is 10.2 Å². The Balaban J connectivity index is 1.71. The molecule has 3 aromatic heterocycles. The summed E-state index contributed by atoms with van der Waals surface area (Å²) in [6, 6.07) is 4.01. The van der Waals surface area contributed by atoms with E-state index in [0.717, 1.165) is 54.6 Å². The van der Waals surface area contributed by atoms with E-state index >= 15 is 0 Å². The Bertz CT molecular complexity index is 929. The molecule has 0 bridgehead atoms. The largest absolute Gasteiger partial charge is 0.355 e. The van der Waals surface area contributed by atoms with Crippen LogP contribution in [0.2, 0.25) is 0 Å². The highest BCUT2D eigenvalue weighted by molar-refractivity contribution is 7.19. The summed E-state index contributed by atoms with van der Waals surface area (Å²) in [6.45, 7) is 4.16. The number of thiophene rings is 1. The second kappa shape index (κ2) is 7.52. The summed E-state index contributed by atoms with van der Waals surface area (Å²) in [5.41, 5.74) is 2.57. The molecule has 6 heteroatoms. The maximum absolute atomic E-state index is 5.11. The summed E-state index contributed by atoms with van der Waals surface area (Å²) in [4.78, 5) is 19.4. The molecule has 2 aliphatic rings. The van der Waals surface area contributed by atoms with E-state index in [-0.39, 0.29) is 0 Å². The summed E-state index contributed by atoms with van der Waals surface area (Å²) < 4.78 is 0. The average Bonchev–Trinajstić information content (AvgIpc) is 2.93. The number of aromatic nitrogens is 3.